The molecular weight excluding hydrogens is 380 g/mol. The first-order chi connectivity index (χ1) is 14.5. The van der Waals surface area contributed by atoms with Crippen LogP contribution in [0.1, 0.15) is 45.0 Å². The number of piperazine rings is 1. The van der Waals surface area contributed by atoms with Gasteiger partial charge < -0.3 is 9.64 Å². The number of hydrogen-bond acceptors (Lipinski definition) is 5. The van der Waals surface area contributed by atoms with Gasteiger partial charge in [-0.15, -0.1) is 0 Å². The average Bonchev–Trinajstić information content (AvgIpc) is 3.59. The fourth-order valence-corrected chi connectivity index (χ4v) is 4.60. The van der Waals surface area contributed by atoms with Gasteiger partial charge in [-0.25, -0.2) is 4.98 Å². The Kier molecular flexibility index (Phi) is 6.20. The molecule has 1 amide bonds. The summed E-state index contributed by atoms with van der Waals surface area (Å²) in [6, 6.07) is 7.73. The summed E-state index contributed by atoms with van der Waals surface area (Å²) in [5.74, 6) is 1.37. The highest BCUT2D eigenvalue weighted by Gasteiger charge is 2.38. The van der Waals surface area contributed by atoms with E-state index in [9.17, 15) is 9.59 Å². The van der Waals surface area contributed by atoms with Crippen molar-refractivity contribution in [2.75, 3.05) is 33.4 Å². The van der Waals surface area contributed by atoms with Crippen LogP contribution in [-0.4, -0.2) is 64.7 Å². The molecule has 2 fully saturated rings. The number of nitrogens with zero attached hydrogens (tertiary/aromatic N) is 4. The second kappa shape index (κ2) is 8.86. The molecule has 1 saturated heterocycles. The summed E-state index contributed by atoms with van der Waals surface area (Å²) in [6.07, 6.45) is 2.92. The van der Waals surface area contributed by atoms with Crippen molar-refractivity contribution in [3.8, 4) is 0 Å². The molecule has 2 heterocycles. The van der Waals surface area contributed by atoms with Crippen molar-refractivity contribution in [1.82, 2.24) is 19.4 Å². The van der Waals surface area contributed by atoms with Crippen LogP contribution < -0.4 is 5.56 Å². The molecule has 1 aliphatic carbocycles. The molecule has 2 atom stereocenters. The molecule has 2 aliphatic rings. The zero-order valence-corrected chi connectivity index (χ0v) is 18.2. The van der Waals surface area contributed by atoms with Crippen LogP contribution in [0.2, 0.25) is 0 Å². The number of fused-ring (bicyclic) bond motifs is 1. The van der Waals surface area contributed by atoms with Crippen LogP contribution in [0.4, 0.5) is 0 Å². The number of para-hydroxylation sites is 1. The van der Waals surface area contributed by atoms with E-state index in [1.807, 2.05) is 29.2 Å². The van der Waals surface area contributed by atoms with Gasteiger partial charge in [-0.3, -0.25) is 19.1 Å². The van der Waals surface area contributed by atoms with Crippen LogP contribution in [0.5, 0.6) is 0 Å². The minimum atomic E-state index is -0.0123. The number of carbonyl (C=O) groups is 1. The van der Waals surface area contributed by atoms with E-state index in [4.69, 9.17) is 9.72 Å². The van der Waals surface area contributed by atoms with E-state index in [-0.39, 0.29) is 23.6 Å². The number of carbonyl (C=O) groups excluding carboxylic acids is 1. The lowest BCUT2D eigenvalue weighted by atomic mass is 10.1. The lowest BCUT2D eigenvalue weighted by Gasteiger charge is -2.43. The van der Waals surface area contributed by atoms with E-state index >= 15 is 0 Å². The maximum absolute atomic E-state index is 13.2. The normalized spacial score (nSPS) is 21.2. The lowest BCUT2D eigenvalue weighted by molar-refractivity contribution is -0.137. The number of aromatic nitrogens is 2. The molecule has 30 heavy (non-hydrogen) atoms. The highest BCUT2D eigenvalue weighted by atomic mass is 16.5. The number of hydrogen-bond donors (Lipinski definition) is 0. The summed E-state index contributed by atoms with van der Waals surface area (Å²) >= 11 is 0. The number of ether oxygens (including phenoxy) is 1. The molecule has 2 unspecified atom stereocenters. The average molecular weight is 413 g/mol. The molecule has 1 aromatic heterocycles. The van der Waals surface area contributed by atoms with Crippen molar-refractivity contribution in [3.05, 3.63) is 40.4 Å². The fraction of sp³-hybridized carbons (Fsp3) is 0.609. The Morgan fingerprint density at radius 2 is 2.03 bits per heavy atom. The molecule has 4 rings (SSSR count). The van der Waals surface area contributed by atoms with Crippen molar-refractivity contribution >= 4 is 16.8 Å². The topological polar surface area (TPSA) is 67.7 Å². The minimum Gasteiger partial charge on any atom is -0.383 e. The van der Waals surface area contributed by atoms with Gasteiger partial charge in [0.05, 0.1) is 30.1 Å². The van der Waals surface area contributed by atoms with Crippen molar-refractivity contribution in [3.63, 3.8) is 0 Å². The van der Waals surface area contributed by atoms with E-state index < -0.39 is 0 Å². The van der Waals surface area contributed by atoms with Crippen molar-refractivity contribution in [1.29, 1.82) is 0 Å². The van der Waals surface area contributed by atoms with Crippen LogP contribution in [0.15, 0.2) is 29.1 Å². The molecule has 7 heteroatoms. The third kappa shape index (κ3) is 4.01. The number of rotatable bonds is 7. The predicted octanol–water partition coefficient (Wildman–Crippen LogP) is 2.44. The number of benzene rings is 1. The van der Waals surface area contributed by atoms with Gasteiger partial charge in [-0.2, -0.15) is 0 Å². The van der Waals surface area contributed by atoms with Crippen LogP contribution in [0.25, 0.3) is 10.9 Å². The van der Waals surface area contributed by atoms with E-state index in [0.717, 1.165) is 50.2 Å². The third-order valence-electron chi connectivity index (χ3n) is 6.40. The zero-order chi connectivity index (χ0) is 21.3. The Balaban J connectivity index is 1.65. The summed E-state index contributed by atoms with van der Waals surface area (Å²) in [7, 11) is 1.65. The van der Waals surface area contributed by atoms with Crippen molar-refractivity contribution in [2.45, 2.75) is 51.7 Å². The van der Waals surface area contributed by atoms with Crippen molar-refractivity contribution < 1.29 is 9.53 Å². The van der Waals surface area contributed by atoms with Gasteiger partial charge in [0.2, 0.25) is 5.91 Å². The fourth-order valence-electron chi connectivity index (χ4n) is 4.60. The molecule has 1 aromatic carbocycles. The van der Waals surface area contributed by atoms with Crippen LogP contribution in [0, 0.1) is 5.92 Å². The van der Waals surface area contributed by atoms with Crippen molar-refractivity contribution in [2.24, 2.45) is 5.92 Å². The molecule has 2 aromatic rings. The van der Waals surface area contributed by atoms with Crippen LogP contribution in [0.3, 0.4) is 0 Å². The van der Waals surface area contributed by atoms with Gasteiger partial charge in [0.15, 0.2) is 0 Å². The Hall–Kier alpha value is -2.25. The molecule has 0 N–H and O–H groups in total. The van der Waals surface area contributed by atoms with E-state index in [0.29, 0.717) is 24.4 Å². The minimum absolute atomic E-state index is 0.0123. The predicted molar refractivity (Wildman–Crippen MR) is 116 cm³/mol. The van der Waals surface area contributed by atoms with E-state index in [1.165, 1.54) is 0 Å². The maximum atomic E-state index is 13.2. The second-order valence-electron chi connectivity index (χ2n) is 8.51. The lowest BCUT2D eigenvalue weighted by Crippen LogP contribution is -2.55. The Morgan fingerprint density at radius 1 is 1.27 bits per heavy atom. The standard InChI is InChI=1S/C23H32N4O3/c1-4-20(25-11-12-26(16(2)15-25)22(28)17-9-10-17)21-24-19-8-6-5-7-18(19)23(29)27(21)13-14-30-3/h5-8,16-17,20H,4,9-15H2,1-3H3. The quantitative estimate of drug-likeness (QED) is 0.699. The largest absolute Gasteiger partial charge is 0.383 e. The monoisotopic (exact) mass is 412 g/mol. The van der Waals surface area contributed by atoms with Crippen LogP contribution >= 0.6 is 0 Å². The Bertz CT molecular complexity index is 969. The Morgan fingerprint density at radius 3 is 2.70 bits per heavy atom. The van der Waals surface area contributed by atoms with Gasteiger partial charge in [0.25, 0.3) is 5.56 Å². The maximum Gasteiger partial charge on any atom is 0.261 e. The molecular formula is C23H32N4O3. The highest BCUT2D eigenvalue weighted by Crippen LogP contribution is 2.33. The van der Waals surface area contributed by atoms with E-state index in [2.05, 4.69) is 18.7 Å². The summed E-state index contributed by atoms with van der Waals surface area (Å²) in [6.45, 7) is 7.54. The van der Waals surface area contributed by atoms with Gasteiger partial charge >= 0.3 is 0 Å². The summed E-state index contributed by atoms with van der Waals surface area (Å²) in [4.78, 5) is 35.2. The summed E-state index contributed by atoms with van der Waals surface area (Å²) in [5, 5.41) is 0.639. The molecule has 162 valence electrons. The summed E-state index contributed by atoms with van der Waals surface area (Å²) < 4.78 is 7.05. The zero-order valence-electron chi connectivity index (χ0n) is 18.2. The molecule has 1 aliphatic heterocycles. The first-order valence-electron chi connectivity index (χ1n) is 11.1. The molecule has 7 nitrogen and oxygen atoms in total. The number of amides is 1. The molecule has 0 radical (unpaired) electrons. The van der Waals surface area contributed by atoms with E-state index in [1.54, 1.807) is 11.7 Å². The van der Waals surface area contributed by atoms with Crippen LogP contribution in [-0.2, 0) is 16.1 Å². The number of methoxy groups -OCH3 is 1. The van der Waals surface area contributed by atoms with Gasteiger partial charge in [-0.1, -0.05) is 19.1 Å². The molecule has 0 spiro atoms. The van der Waals surface area contributed by atoms with Gasteiger partial charge in [0, 0.05) is 38.7 Å². The Labute approximate surface area is 177 Å². The highest BCUT2D eigenvalue weighted by molar-refractivity contribution is 5.81. The smallest absolute Gasteiger partial charge is 0.261 e. The molecule has 1 saturated carbocycles. The third-order valence-corrected chi connectivity index (χ3v) is 6.40. The first kappa shape index (κ1) is 21.0. The summed E-state index contributed by atoms with van der Waals surface area (Å²) in [5.41, 5.74) is 0.724. The van der Waals surface area contributed by atoms with Gasteiger partial charge in [0.1, 0.15) is 5.82 Å². The van der Waals surface area contributed by atoms with Gasteiger partial charge in [-0.05, 0) is 38.3 Å². The SMILES string of the molecule is CCC(c1nc2ccccc2c(=O)n1CCOC)N1CCN(C(=O)C2CC2)C(C)C1. The first-order valence-corrected chi connectivity index (χ1v) is 11.1. The molecule has 0 bridgehead atoms. The second-order valence-corrected chi connectivity index (χ2v) is 8.51.